The molecule has 1 aliphatic carbocycles. The summed E-state index contributed by atoms with van der Waals surface area (Å²) in [6.45, 7) is 1.22. The van der Waals surface area contributed by atoms with Crippen LogP contribution < -0.4 is 5.32 Å². The molecular weight excluding hydrogens is 374 g/mol. The molecule has 5 nitrogen and oxygen atoms in total. The first-order chi connectivity index (χ1) is 12.9. The third-order valence-electron chi connectivity index (χ3n) is 5.55. The topological polar surface area (TPSA) is 66.5 Å². The number of piperidine rings is 1. The second-order valence-corrected chi connectivity index (χ2v) is 9.27. The Labute approximate surface area is 159 Å². The predicted octanol–water partition coefficient (Wildman–Crippen LogP) is 3.67. The molecule has 1 saturated heterocycles. The molecule has 1 saturated carbocycles. The average Bonchev–Trinajstić information content (AvgIpc) is 2.69. The molecule has 0 aromatic heterocycles. The van der Waals surface area contributed by atoms with Gasteiger partial charge < -0.3 is 10.2 Å². The molecule has 8 heteroatoms. The summed E-state index contributed by atoms with van der Waals surface area (Å²) in [4.78, 5) is 14.1. The Morgan fingerprint density at radius 3 is 2.30 bits per heavy atom. The number of alkyl halides is 2. The molecule has 0 bridgehead atoms. The summed E-state index contributed by atoms with van der Waals surface area (Å²) in [5.74, 6) is -3.08. The van der Waals surface area contributed by atoms with Gasteiger partial charge in [0.05, 0.1) is 10.6 Å². The van der Waals surface area contributed by atoms with Crippen LogP contribution in [0.4, 0.5) is 14.5 Å². The van der Waals surface area contributed by atoms with Crippen LogP contribution in [-0.2, 0) is 14.6 Å². The number of hydrogen-bond donors (Lipinski definition) is 1. The maximum Gasteiger partial charge on any atom is 0.341 e. The number of rotatable bonds is 5. The lowest BCUT2D eigenvalue weighted by molar-refractivity contribution is -0.137. The predicted molar refractivity (Wildman–Crippen MR) is 99.4 cm³/mol. The molecule has 1 aromatic rings. The van der Waals surface area contributed by atoms with E-state index in [1.54, 1.807) is 6.07 Å². The van der Waals surface area contributed by atoms with Crippen LogP contribution in [0.25, 0.3) is 0 Å². The van der Waals surface area contributed by atoms with Crippen molar-refractivity contribution in [3.8, 4) is 0 Å². The molecule has 1 heterocycles. The highest BCUT2D eigenvalue weighted by Crippen LogP contribution is 2.29. The molecular formula is C19H26F2N2O3S. The molecule has 2 aliphatic rings. The number of nitrogens with zero attached hydrogens (tertiary/aromatic N) is 1. The maximum atomic E-state index is 12.9. The van der Waals surface area contributed by atoms with Gasteiger partial charge in [-0.3, -0.25) is 4.79 Å². The number of para-hydroxylation sites is 1. The zero-order chi connectivity index (χ0) is 19.4. The summed E-state index contributed by atoms with van der Waals surface area (Å²) in [5, 5.41) is 3.10. The number of benzene rings is 1. The second-order valence-electron chi connectivity index (χ2n) is 7.38. The van der Waals surface area contributed by atoms with E-state index in [-0.39, 0.29) is 28.4 Å². The number of sulfone groups is 1. The summed E-state index contributed by atoms with van der Waals surface area (Å²) < 4.78 is 49.6. The number of anilines is 1. The highest BCUT2D eigenvalue weighted by atomic mass is 32.2. The number of amides is 1. The van der Waals surface area contributed by atoms with Gasteiger partial charge in [-0.25, -0.2) is 8.42 Å². The zero-order valence-electron chi connectivity index (χ0n) is 15.2. The van der Waals surface area contributed by atoms with Crippen molar-refractivity contribution in [1.29, 1.82) is 0 Å². The third kappa shape index (κ3) is 4.59. The van der Waals surface area contributed by atoms with E-state index >= 15 is 0 Å². The Morgan fingerprint density at radius 2 is 1.67 bits per heavy atom. The first-order valence-electron chi connectivity index (χ1n) is 9.56. The Kier molecular flexibility index (Phi) is 6.34. The minimum absolute atomic E-state index is 0.0468. The number of likely N-dealkylation sites (tertiary alicyclic amines) is 1. The molecule has 1 amide bonds. The van der Waals surface area contributed by atoms with Crippen molar-refractivity contribution in [2.75, 3.05) is 18.4 Å². The molecule has 1 aliphatic heterocycles. The molecule has 27 heavy (non-hydrogen) atoms. The summed E-state index contributed by atoms with van der Waals surface area (Å²) in [6.07, 6.45) is 6.71. The largest absolute Gasteiger partial charge is 0.381 e. The van der Waals surface area contributed by atoms with E-state index in [0.717, 1.165) is 25.7 Å². The normalized spacial score (nSPS) is 20.0. The fourth-order valence-electron chi connectivity index (χ4n) is 4.00. The molecule has 0 radical (unpaired) electrons. The molecule has 2 fully saturated rings. The SMILES string of the molecule is O=C(C1CCCCC1)N1CCC(Nc2ccccc2S(=O)(=O)C(F)F)CC1. The Morgan fingerprint density at radius 1 is 1.04 bits per heavy atom. The molecule has 1 aromatic carbocycles. The van der Waals surface area contributed by atoms with Gasteiger partial charge in [-0.05, 0) is 37.8 Å². The lowest BCUT2D eigenvalue weighted by Crippen LogP contribution is -2.45. The number of carbonyl (C=O) groups is 1. The van der Waals surface area contributed by atoms with Gasteiger partial charge in [-0.2, -0.15) is 8.78 Å². The summed E-state index contributed by atoms with van der Waals surface area (Å²) in [7, 11) is -4.66. The quantitative estimate of drug-likeness (QED) is 0.819. The van der Waals surface area contributed by atoms with Crippen LogP contribution >= 0.6 is 0 Å². The van der Waals surface area contributed by atoms with Crippen LogP contribution in [0, 0.1) is 5.92 Å². The average molecular weight is 400 g/mol. The van der Waals surface area contributed by atoms with E-state index in [1.807, 2.05) is 4.90 Å². The van der Waals surface area contributed by atoms with Crippen LogP contribution in [0.3, 0.4) is 0 Å². The van der Waals surface area contributed by atoms with Crippen molar-refractivity contribution in [2.45, 2.75) is 61.6 Å². The fraction of sp³-hybridized carbons (Fsp3) is 0.632. The highest BCUT2D eigenvalue weighted by Gasteiger charge is 2.32. The van der Waals surface area contributed by atoms with Gasteiger partial charge in [0.15, 0.2) is 0 Å². The van der Waals surface area contributed by atoms with E-state index < -0.39 is 15.6 Å². The van der Waals surface area contributed by atoms with Gasteiger partial charge in [0, 0.05) is 25.0 Å². The van der Waals surface area contributed by atoms with Crippen molar-refractivity contribution >= 4 is 21.4 Å². The lowest BCUT2D eigenvalue weighted by atomic mass is 9.87. The number of carbonyl (C=O) groups excluding carboxylic acids is 1. The van der Waals surface area contributed by atoms with Crippen LogP contribution in [0.2, 0.25) is 0 Å². The molecule has 0 unspecified atom stereocenters. The smallest absolute Gasteiger partial charge is 0.341 e. The van der Waals surface area contributed by atoms with Gasteiger partial charge in [0.1, 0.15) is 0 Å². The Balaban J connectivity index is 1.61. The van der Waals surface area contributed by atoms with Crippen molar-refractivity contribution in [3.63, 3.8) is 0 Å². The Hall–Kier alpha value is -1.70. The van der Waals surface area contributed by atoms with Crippen molar-refractivity contribution < 1.29 is 22.0 Å². The minimum atomic E-state index is -4.66. The van der Waals surface area contributed by atoms with Gasteiger partial charge in [0.2, 0.25) is 15.7 Å². The number of hydrogen-bond acceptors (Lipinski definition) is 4. The molecule has 150 valence electrons. The lowest BCUT2D eigenvalue weighted by Gasteiger charge is -2.36. The van der Waals surface area contributed by atoms with Crippen LogP contribution in [0.5, 0.6) is 0 Å². The summed E-state index contributed by atoms with van der Waals surface area (Å²) in [5.41, 5.74) is 0.204. The van der Waals surface area contributed by atoms with Crippen LogP contribution in [0.15, 0.2) is 29.2 Å². The molecule has 0 spiro atoms. The van der Waals surface area contributed by atoms with Crippen molar-refractivity contribution in [1.82, 2.24) is 4.90 Å². The number of nitrogens with one attached hydrogen (secondary N) is 1. The summed E-state index contributed by atoms with van der Waals surface area (Å²) >= 11 is 0. The summed E-state index contributed by atoms with van der Waals surface area (Å²) in [6, 6.07) is 5.72. The highest BCUT2D eigenvalue weighted by molar-refractivity contribution is 7.91. The first-order valence-corrected chi connectivity index (χ1v) is 11.1. The fourth-order valence-corrected chi connectivity index (χ4v) is 4.90. The van der Waals surface area contributed by atoms with E-state index in [1.165, 1.54) is 24.6 Å². The maximum absolute atomic E-state index is 12.9. The number of halogens is 2. The molecule has 1 N–H and O–H groups in total. The van der Waals surface area contributed by atoms with Gasteiger partial charge in [-0.15, -0.1) is 0 Å². The molecule has 0 atom stereocenters. The van der Waals surface area contributed by atoms with Gasteiger partial charge in [-0.1, -0.05) is 31.4 Å². The van der Waals surface area contributed by atoms with Gasteiger partial charge in [0.25, 0.3) is 0 Å². The van der Waals surface area contributed by atoms with E-state index in [2.05, 4.69) is 5.32 Å². The second kappa shape index (κ2) is 8.54. The zero-order valence-corrected chi connectivity index (χ0v) is 16.1. The van der Waals surface area contributed by atoms with Gasteiger partial charge >= 0.3 is 5.76 Å². The Bertz CT molecular complexity index is 756. The van der Waals surface area contributed by atoms with Crippen molar-refractivity contribution in [2.24, 2.45) is 5.92 Å². The third-order valence-corrected chi connectivity index (χ3v) is 6.99. The van der Waals surface area contributed by atoms with Crippen LogP contribution in [-0.4, -0.2) is 44.1 Å². The minimum Gasteiger partial charge on any atom is -0.381 e. The first kappa shape index (κ1) is 20.0. The monoisotopic (exact) mass is 400 g/mol. The van der Waals surface area contributed by atoms with Crippen molar-refractivity contribution in [3.05, 3.63) is 24.3 Å². The standard InChI is InChI=1S/C19H26F2N2O3S/c20-19(21)27(25,26)17-9-5-4-8-16(17)22-15-10-12-23(13-11-15)18(24)14-6-2-1-3-7-14/h4-5,8-9,14-15,19,22H,1-3,6-7,10-13H2. The van der Waals surface area contributed by atoms with E-state index in [9.17, 15) is 22.0 Å². The van der Waals surface area contributed by atoms with E-state index in [4.69, 9.17) is 0 Å². The van der Waals surface area contributed by atoms with E-state index in [0.29, 0.717) is 25.9 Å². The van der Waals surface area contributed by atoms with Crippen LogP contribution in [0.1, 0.15) is 44.9 Å². The molecule has 3 rings (SSSR count).